The van der Waals surface area contributed by atoms with Crippen LogP contribution in [0, 0.1) is 0 Å². The van der Waals surface area contributed by atoms with Crippen LogP contribution in [0.1, 0.15) is 33.3 Å². The van der Waals surface area contributed by atoms with Gasteiger partial charge in [-0.1, -0.05) is 60.7 Å². The Morgan fingerprint density at radius 2 is 1.08 bits per heavy atom. The Labute approximate surface area is 182 Å². The summed E-state index contributed by atoms with van der Waals surface area (Å²) in [6.07, 6.45) is 0. The summed E-state index contributed by atoms with van der Waals surface area (Å²) in [5.74, 6) is 0. The Morgan fingerprint density at radius 1 is 0.538 bits per heavy atom. The minimum atomic E-state index is -3.16. The quantitative estimate of drug-likeness (QED) is 0.250. The molecule has 0 fully saturated rings. The van der Waals surface area contributed by atoms with Gasteiger partial charge in [-0.2, -0.15) is 0 Å². The average Bonchev–Trinajstić information content (AvgIpc) is 2.57. The Bertz CT molecular complexity index is 993. The molecule has 2 unspecified atom stereocenters. The number of hydrogen-bond acceptors (Lipinski definition) is 0. The number of hydrogen-bond donors (Lipinski definition) is 0. The summed E-state index contributed by atoms with van der Waals surface area (Å²) in [5, 5.41) is 2.14. The summed E-state index contributed by atoms with van der Waals surface area (Å²) < 4.78 is 0. The number of benzene rings is 3. The molecule has 0 nitrogen and oxygen atoms in total. The molecule has 0 saturated carbocycles. The standard InChI is InChI=1S/C18H12Cl6Si2/c19-25(20,21)17-13-7-3-4-8-14(13)18(26(22,23)24)16-12-6-2-1-5-11(12)9-10-15(16)17/h1-10,17-18H. The topological polar surface area (TPSA) is 0 Å². The fraction of sp³-hybridized carbons (Fsp3) is 0.111. The lowest BCUT2D eigenvalue weighted by molar-refractivity contribution is 0.949. The number of rotatable bonds is 2. The van der Waals surface area contributed by atoms with Crippen LogP contribution in [-0.2, 0) is 0 Å². The smallest absolute Gasteiger partial charge is 0.125 e. The predicted octanol–water partition coefficient (Wildman–Crippen LogP) is 7.81. The molecule has 0 aromatic heterocycles. The van der Waals surface area contributed by atoms with Gasteiger partial charge < -0.3 is 0 Å². The lowest BCUT2D eigenvalue weighted by atomic mass is 9.82. The van der Waals surface area contributed by atoms with Crippen LogP contribution in [-0.4, -0.2) is 12.0 Å². The minimum absolute atomic E-state index is 0.291. The van der Waals surface area contributed by atoms with Gasteiger partial charge in [-0.15, -0.1) is 66.5 Å². The van der Waals surface area contributed by atoms with Gasteiger partial charge in [0.2, 0.25) is 0 Å². The van der Waals surface area contributed by atoms with Crippen molar-refractivity contribution in [2.45, 2.75) is 11.1 Å². The summed E-state index contributed by atoms with van der Waals surface area (Å²) in [6.45, 7) is 0. The van der Waals surface area contributed by atoms with Crippen LogP contribution in [0.5, 0.6) is 0 Å². The van der Waals surface area contributed by atoms with Gasteiger partial charge in [-0.05, 0) is 33.0 Å². The fourth-order valence-electron chi connectivity index (χ4n) is 3.94. The highest BCUT2D eigenvalue weighted by Gasteiger charge is 2.51. The first-order valence-corrected chi connectivity index (χ1v) is 18.2. The van der Waals surface area contributed by atoms with E-state index in [9.17, 15) is 0 Å². The van der Waals surface area contributed by atoms with Crippen molar-refractivity contribution in [3.63, 3.8) is 0 Å². The maximum absolute atomic E-state index is 6.61. The Kier molecular flexibility index (Phi) is 5.12. The lowest BCUT2D eigenvalue weighted by Crippen LogP contribution is -2.36. The van der Waals surface area contributed by atoms with Gasteiger partial charge in [0.05, 0.1) is 0 Å². The molecule has 0 aliphatic heterocycles. The first-order chi connectivity index (χ1) is 12.2. The molecule has 0 saturated heterocycles. The first kappa shape index (κ1) is 19.4. The molecule has 8 heteroatoms. The molecular formula is C18H12Cl6Si2. The molecule has 0 heterocycles. The van der Waals surface area contributed by atoms with Crippen LogP contribution in [0.2, 0.25) is 0 Å². The van der Waals surface area contributed by atoms with E-state index in [1.165, 1.54) is 0 Å². The van der Waals surface area contributed by atoms with Crippen LogP contribution >= 0.6 is 66.5 Å². The molecule has 2 atom stereocenters. The molecule has 26 heavy (non-hydrogen) atoms. The summed E-state index contributed by atoms with van der Waals surface area (Å²) >= 11 is 39.5. The van der Waals surface area contributed by atoms with Crippen LogP contribution in [0.3, 0.4) is 0 Å². The normalized spacial score (nSPS) is 19.9. The minimum Gasteiger partial charge on any atom is -0.125 e. The predicted molar refractivity (Wildman–Crippen MR) is 121 cm³/mol. The van der Waals surface area contributed by atoms with Crippen molar-refractivity contribution in [2.75, 3.05) is 0 Å². The molecule has 1 aliphatic carbocycles. The molecule has 0 amide bonds. The van der Waals surface area contributed by atoms with E-state index in [-0.39, 0.29) is 11.1 Å². The van der Waals surface area contributed by atoms with Crippen molar-refractivity contribution in [3.8, 4) is 0 Å². The lowest BCUT2D eigenvalue weighted by Gasteiger charge is -2.39. The van der Waals surface area contributed by atoms with Gasteiger partial charge >= 0.3 is 12.0 Å². The maximum Gasteiger partial charge on any atom is 0.352 e. The molecule has 1 aliphatic rings. The maximum atomic E-state index is 6.61. The van der Waals surface area contributed by atoms with Gasteiger partial charge in [-0.25, -0.2) is 0 Å². The molecule has 0 radical (unpaired) electrons. The third-order valence-corrected chi connectivity index (χ3v) is 11.3. The van der Waals surface area contributed by atoms with E-state index in [1.807, 2.05) is 42.5 Å². The Hall–Kier alpha value is 0.0938. The van der Waals surface area contributed by atoms with Gasteiger partial charge in [-0.3, -0.25) is 0 Å². The van der Waals surface area contributed by atoms with E-state index < -0.39 is 12.0 Å². The second kappa shape index (κ2) is 6.86. The fourth-order valence-corrected chi connectivity index (χ4v) is 10.6. The van der Waals surface area contributed by atoms with E-state index in [0.29, 0.717) is 0 Å². The van der Waals surface area contributed by atoms with Gasteiger partial charge in [0.15, 0.2) is 0 Å². The average molecular weight is 497 g/mol. The van der Waals surface area contributed by atoms with Crippen molar-refractivity contribution in [3.05, 3.63) is 82.9 Å². The molecule has 3 aromatic rings. The second-order valence-electron chi connectivity index (χ2n) is 6.37. The summed E-state index contributed by atoms with van der Waals surface area (Å²) in [4.78, 5) is 0. The van der Waals surface area contributed by atoms with Gasteiger partial charge in [0.25, 0.3) is 0 Å². The van der Waals surface area contributed by atoms with Gasteiger partial charge in [0.1, 0.15) is 0 Å². The van der Waals surface area contributed by atoms with Crippen molar-refractivity contribution in [2.24, 2.45) is 0 Å². The van der Waals surface area contributed by atoms with Gasteiger partial charge in [0, 0.05) is 11.1 Å². The molecule has 4 rings (SSSR count). The van der Waals surface area contributed by atoms with Crippen molar-refractivity contribution >= 4 is 89.3 Å². The second-order valence-corrected chi connectivity index (χ2v) is 23.9. The van der Waals surface area contributed by atoms with Crippen LogP contribution in [0.4, 0.5) is 0 Å². The molecule has 0 bridgehead atoms. The zero-order valence-electron chi connectivity index (χ0n) is 13.2. The monoisotopic (exact) mass is 494 g/mol. The van der Waals surface area contributed by atoms with E-state index >= 15 is 0 Å². The zero-order chi connectivity index (χ0) is 18.7. The highest BCUT2D eigenvalue weighted by Crippen LogP contribution is 2.56. The summed E-state index contributed by atoms with van der Waals surface area (Å²) in [5.41, 5.74) is 3.30. The summed E-state index contributed by atoms with van der Waals surface area (Å²) in [6, 6.07) is 13.8. The highest BCUT2D eigenvalue weighted by atomic mass is 35.8. The van der Waals surface area contributed by atoms with Crippen LogP contribution in [0.25, 0.3) is 10.8 Å². The van der Waals surface area contributed by atoms with Crippen LogP contribution < -0.4 is 0 Å². The first-order valence-electron chi connectivity index (χ1n) is 7.93. The summed E-state index contributed by atoms with van der Waals surface area (Å²) in [7, 11) is 0. The van der Waals surface area contributed by atoms with Crippen molar-refractivity contribution in [1.29, 1.82) is 0 Å². The third kappa shape index (κ3) is 3.23. The van der Waals surface area contributed by atoms with Crippen LogP contribution in [0.15, 0.2) is 60.7 Å². The molecule has 3 aromatic carbocycles. The molecule has 134 valence electrons. The number of halogens is 6. The number of fused-ring (bicyclic) bond motifs is 4. The van der Waals surface area contributed by atoms with Crippen molar-refractivity contribution in [1.82, 2.24) is 0 Å². The third-order valence-electron chi connectivity index (χ3n) is 4.88. The van der Waals surface area contributed by atoms with E-state index in [2.05, 4.69) is 18.2 Å². The van der Waals surface area contributed by atoms with E-state index in [4.69, 9.17) is 66.5 Å². The van der Waals surface area contributed by atoms with E-state index in [0.717, 1.165) is 33.0 Å². The largest absolute Gasteiger partial charge is 0.352 e. The molecule has 0 spiro atoms. The Morgan fingerprint density at radius 3 is 1.69 bits per heavy atom. The SMILES string of the molecule is Cl[Si](Cl)(Cl)C1c2ccccc2C([Si](Cl)(Cl)Cl)c2c1ccc1ccccc21. The molecule has 0 N–H and O–H groups in total. The molecular weight excluding hydrogens is 485 g/mol. The zero-order valence-corrected chi connectivity index (χ0v) is 19.7. The van der Waals surface area contributed by atoms with E-state index in [1.54, 1.807) is 0 Å². The van der Waals surface area contributed by atoms with Crippen molar-refractivity contribution < 1.29 is 0 Å². The Balaban J connectivity index is 2.15. The highest BCUT2D eigenvalue weighted by molar-refractivity contribution is 7.66.